The molecule has 2 aliphatic carbocycles. The van der Waals surface area contributed by atoms with Crippen LogP contribution >= 0.6 is 11.3 Å². The topological polar surface area (TPSA) is 3.24 Å². The first-order chi connectivity index (χ1) is 32.5. The molecular formula is C64H45NS. The smallest absolute Gasteiger partial charge is 0.0713 e. The molecule has 0 fully saturated rings. The van der Waals surface area contributed by atoms with Gasteiger partial charge in [-0.15, -0.1) is 11.3 Å². The average Bonchev–Trinajstić information content (AvgIpc) is 3.99. The normalized spacial score (nSPS) is 13.8. The van der Waals surface area contributed by atoms with Gasteiger partial charge in [0.1, 0.15) is 0 Å². The second kappa shape index (κ2) is 14.9. The molecule has 66 heavy (non-hydrogen) atoms. The minimum atomic E-state index is -0.414. The molecule has 0 saturated heterocycles. The Bertz CT molecular complexity index is 3620. The van der Waals surface area contributed by atoms with E-state index in [-0.39, 0.29) is 5.41 Å². The van der Waals surface area contributed by atoms with Crippen LogP contribution in [0.4, 0.5) is 17.1 Å². The number of nitrogens with zero attached hydrogens (tertiary/aromatic N) is 1. The average molecular weight is 860 g/mol. The fraction of sp³-hybridized carbons (Fsp3) is 0.0625. The molecule has 1 aromatic heterocycles. The lowest BCUT2D eigenvalue weighted by Gasteiger charge is -2.33. The summed E-state index contributed by atoms with van der Waals surface area (Å²) in [6.07, 6.45) is 0. The van der Waals surface area contributed by atoms with E-state index >= 15 is 0 Å². The van der Waals surface area contributed by atoms with E-state index in [1.807, 2.05) is 11.3 Å². The van der Waals surface area contributed by atoms with Gasteiger partial charge in [0, 0.05) is 42.6 Å². The maximum absolute atomic E-state index is 2.43. The lowest BCUT2D eigenvalue weighted by Crippen LogP contribution is -2.28. The zero-order chi connectivity index (χ0) is 44.0. The summed E-state index contributed by atoms with van der Waals surface area (Å²) in [4.78, 5) is 2.43. The van der Waals surface area contributed by atoms with Crippen molar-refractivity contribution in [2.24, 2.45) is 0 Å². The van der Waals surface area contributed by atoms with E-state index < -0.39 is 5.41 Å². The highest BCUT2D eigenvalue weighted by atomic mass is 32.1. The molecule has 1 heterocycles. The van der Waals surface area contributed by atoms with Crippen LogP contribution in [0.5, 0.6) is 0 Å². The van der Waals surface area contributed by atoms with Gasteiger partial charge in [-0.2, -0.15) is 0 Å². The zero-order valence-electron chi connectivity index (χ0n) is 36.9. The Balaban J connectivity index is 0.920. The summed E-state index contributed by atoms with van der Waals surface area (Å²) >= 11 is 1.88. The Labute approximate surface area is 390 Å². The van der Waals surface area contributed by atoms with Crippen molar-refractivity contribution in [1.29, 1.82) is 0 Å². The number of thiophene rings is 1. The first kappa shape index (κ1) is 38.7. The lowest BCUT2D eigenvalue weighted by atomic mass is 9.67. The summed E-state index contributed by atoms with van der Waals surface area (Å²) in [7, 11) is 0. The van der Waals surface area contributed by atoms with Crippen LogP contribution in [-0.2, 0) is 10.8 Å². The maximum Gasteiger partial charge on any atom is 0.0713 e. The predicted molar refractivity (Wildman–Crippen MR) is 280 cm³/mol. The van der Waals surface area contributed by atoms with Gasteiger partial charge in [0.15, 0.2) is 0 Å². The molecule has 312 valence electrons. The van der Waals surface area contributed by atoms with Crippen molar-refractivity contribution in [3.05, 3.63) is 270 Å². The van der Waals surface area contributed by atoms with Crippen molar-refractivity contribution in [2.45, 2.75) is 24.7 Å². The van der Waals surface area contributed by atoms with Crippen LogP contribution in [0.15, 0.2) is 237 Å². The van der Waals surface area contributed by atoms with Crippen molar-refractivity contribution in [3.8, 4) is 44.5 Å². The molecule has 0 aliphatic heterocycles. The molecule has 0 amide bonds. The Hall–Kier alpha value is -7.78. The molecule has 11 aromatic rings. The second-order valence-corrected chi connectivity index (χ2v) is 19.5. The van der Waals surface area contributed by atoms with E-state index in [1.165, 1.54) is 98.1 Å². The van der Waals surface area contributed by atoms with Crippen LogP contribution in [0.2, 0.25) is 0 Å². The number of benzene rings is 10. The Morgan fingerprint density at radius 3 is 1.56 bits per heavy atom. The molecular weight excluding hydrogens is 815 g/mol. The van der Waals surface area contributed by atoms with Gasteiger partial charge < -0.3 is 4.90 Å². The van der Waals surface area contributed by atoms with E-state index in [0.717, 1.165) is 17.1 Å². The highest BCUT2D eigenvalue weighted by molar-refractivity contribution is 7.26. The summed E-state index contributed by atoms with van der Waals surface area (Å²) < 4.78 is 2.66. The van der Waals surface area contributed by atoms with Crippen molar-refractivity contribution in [1.82, 2.24) is 0 Å². The summed E-state index contributed by atoms with van der Waals surface area (Å²) in [5.74, 6) is 0. The molecule has 0 saturated carbocycles. The van der Waals surface area contributed by atoms with Gasteiger partial charge in [-0.05, 0) is 126 Å². The van der Waals surface area contributed by atoms with Gasteiger partial charge in [0.05, 0.1) is 5.41 Å². The summed E-state index contributed by atoms with van der Waals surface area (Å²) in [6, 6.07) is 88.1. The van der Waals surface area contributed by atoms with E-state index in [9.17, 15) is 0 Å². The van der Waals surface area contributed by atoms with E-state index in [1.54, 1.807) is 0 Å². The first-order valence-corrected chi connectivity index (χ1v) is 23.8. The molecule has 2 aliphatic rings. The van der Waals surface area contributed by atoms with Gasteiger partial charge >= 0.3 is 0 Å². The standard InChI is InChI=1S/C64H45NS/c1-63(2)57-25-12-9-20-51(57)53-38-37-49(41-60(53)63)65(48-35-30-43(31-36-48)50-23-15-24-55-54-22-11-14-27-61(54)66-62(50)55)47-33-28-42(29-34-47)44-32-39-59-56(40-44)52-21-10-13-26-58(52)64(59,45-16-5-3-6-17-45)46-18-7-4-8-19-46/h3-41H,1-2H3. The number of anilines is 3. The van der Waals surface area contributed by atoms with Crippen LogP contribution in [0.25, 0.3) is 64.7 Å². The number of hydrogen-bond acceptors (Lipinski definition) is 2. The number of hydrogen-bond donors (Lipinski definition) is 0. The van der Waals surface area contributed by atoms with E-state index in [0.29, 0.717) is 0 Å². The molecule has 1 nitrogen and oxygen atoms in total. The fourth-order valence-corrected chi connectivity index (χ4v) is 12.7. The molecule has 0 N–H and O–H groups in total. The zero-order valence-corrected chi connectivity index (χ0v) is 37.7. The van der Waals surface area contributed by atoms with Crippen LogP contribution in [0, 0.1) is 0 Å². The predicted octanol–water partition coefficient (Wildman–Crippen LogP) is 17.5. The lowest BCUT2D eigenvalue weighted by molar-refractivity contribution is 0.660. The third-order valence-electron chi connectivity index (χ3n) is 14.6. The number of rotatable bonds is 7. The molecule has 10 aromatic carbocycles. The molecule has 0 atom stereocenters. The van der Waals surface area contributed by atoms with Gasteiger partial charge in [-0.25, -0.2) is 0 Å². The van der Waals surface area contributed by atoms with E-state index in [4.69, 9.17) is 0 Å². The SMILES string of the molecule is CC1(C)c2ccccc2-c2ccc(N(c3ccc(-c4ccc5c(c4)-c4ccccc4C5(c4ccccc4)c4ccccc4)cc3)c3ccc(-c4cccc5c4sc4ccccc45)cc3)cc21. The second-order valence-electron chi connectivity index (χ2n) is 18.4. The van der Waals surface area contributed by atoms with Crippen LogP contribution in [-0.4, -0.2) is 0 Å². The van der Waals surface area contributed by atoms with Crippen molar-refractivity contribution in [3.63, 3.8) is 0 Å². The molecule has 0 spiro atoms. The molecule has 13 rings (SSSR count). The summed E-state index contributed by atoms with van der Waals surface area (Å²) in [5, 5.41) is 2.64. The Kier molecular flexibility index (Phi) is 8.72. The van der Waals surface area contributed by atoms with Gasteiger partial charge in [-0.1, -0.05) is 202 Å². The van der Waals surface area contributed by atoms with Crippen LogP contribution < -0.4 is 4.90 Å². The Morgan fingerprint density at radius 2 is 0.848 bits per heavy atom. The highest BCUT2D eigenvalue weighted by Gasteiger charge is 2.46. The summed E-state index contributed by atoms with van der Waals surface area (Å²) in [5.41, 5.74) is 20.9. The third kappa shape index (κ3) is 5.71. The van der Waals surface area contributed by atoms with Crippen molar-refractivity contribution in [2.75, 3.05) is 4.90 Å². The number of fused-ring (bicyclic) bond motifs is 9. The largest absolute Gasteiger partial charge is 0.310 e. The van der Waals surface area contributed by atoms with Gasteiger partial charge in [0.2, 0.25) is 0 Å². The molecule has 0 bridgehead atoms. The Morgan fingerprint density at radius 1 is 0.333 bits per heavy atom. The van der Waals surface area contributed by atoms with Crippen molar-refractivity contribution < 1.29 is 0 Å². The molecule has 0 unspecified atom stereocenters. The van der Waals surface area contributed by atoms with Crippen LogP contribution in [0.3, 0.4) is 0 Å². The monoisotopic (exact) mass is 859 g/mol. The minimum Gasteiger partial charge on any atom is -0.310 e. The minimum absolute atomic E-state index is 0.116. The summed E-state index contributed by atoms with van der Waals surface area (Å²) in [6.45, 7) is 4.73. The van der Waals surface area contributed by atoms with Gasteiger partial charge in [-0.3, -0.25) is 0 Å². The third-order valence-corrected chi connectivity index (χ3v) is 15.8. The maximum atomic E-state index is 2.43. The quantitative estimate of drug-likeness (QED) is 0.154. The highest BCUT2D eigenvalue weighted by Crippen LogP contribution is 2.57. The fourth-order valence-electron chi connectivity index (χ4n) is 11.5. The molecule has 2 heteroatoms. The van der Waals surface area contributed by atoms with Gasteiger partial charge in [0.25, 0.3) is 0 Å². The first-order valence-electron chi connectivity index (χ1n) is 23.0. The van der Waals surface area contributed by atoms with Crippen molar-refractivity contribution >= 4 is 48.6 Å². The molecule has 0 radical (unpaired) electrons. The van der Waals surface area contributed by atoms with Crippen LogP contribution in [0.1, 0.15) is 47.2 Å². The van der Waals surface area contributed by atoms with E-state index in [2.05, 4.69) is 255 Å².